The summed E-state index contributed by atoms with van der Waals surface area (Å²) in [6.45, 7) is 0. The molecular formula is C14H14N4O6S2. The lowest BCUT2D eigenvalue weighted by Gasteiger charge is -2.17. The van der Waals surface area contributed by atoms with Crippen LogP contribution in [0.5, 0.6) is 5.75 Å². The molecule has 2 heterocycles. The van der Waals surface area contributed by atoms with Gasteiger partial charge < -0.3 is 4.74 Å². The van der Waals surface area contributed by atoms with Crippen molar-refractivity contribution in [3.8, 4) is 5.75 Å². The molecule has 0 aliphatic carbocycles. The molecule has 0 unspecified atom stereocenters. The van der Waals surface area contributed by atoms with Crippen LogP contribution in [0, 0.1) is 0 Å². The summed E-state index contributed by atoms with van der Waals surface area (Å²) in [7, 11) is -6.75. The molecule has 0 radical (unpaired) electrons. The lowest BCUT2D eigenvalue weighted by molar-refractivity contribution is -0.116. The van der Waals surface area contributed by atoms with E-state index in [2.05, 4.69) is 14.7 Å². The molecule has 0 bridgehead atoms. The fourth-order valence-electron chi connectivity index (χ4n) is 2.40. The quantitative estimate of drug-likeness (QED) is 0.762. The van der Waals surface area contributed by atoms with E-state index in [0.29, 0.717) is 4.31 Å². The van der Waals surface area contributed by atoms with E-state index in [-0.39, 0.29) is 34.5 Å². The predicted octanol–water partition coefficient (Wildman–Crippen LogP) is 0.352. The van der Waals surface area contributed by atoms with Crippen molar-refractivity contribution in [3.63, 3.8) is 0 Å². The average molecular weight is 398 g/mol. The maximum Gasteiger partial charge on any atom is 0.267 e. The molecule has 12 heteroatoms. The van der Waals surface area contributed by atoms with Crippen LogP contribution in [0.1, 0.15) is 6.42 Å². The summed E-state index contributed by atoms with van der Waals surface area (Å²) in [4.78, 5) is 19.1. The Hall–Kier alpha value is -2.73. The highest BCUT2D eigenvalue weighted by Gasteiger charge is 2.37. The third-order valence-electron chi connectivity index (χ3n) is 3.54. The molecule has 10 nitrogen and oxygen atoms in total. The Morgan fingerprint density at radius 1 is 1.23 bits per heavy atom. The lowest BCUT2D eigenvalue weighted by Crippen LogP contribution is -2.29. The first-order valence-electron chi connectivity index (χ1n) is 7.28. The van der Waals surface area contributed by atoms with Crippen molar-refractivity contribution in [3.05, 3.63) is 36.7 Å². The molecule has 1 amide bonds. The van der Waals surface area contributed by atoms with Crippen LogP contribution in [0.4, 0.5) is 11.6 Å². The molecule has 138 valence electrons. The normalized spacial score (nSPS) is 16.5. The van der Waals surface area contributed by atoms with E-state index in [1.807, 2.05) is 0 Å². The van der Waals surface area contributed by atoms with Gasteiger partial charge in [-0.2, -0.15) is 0 Å². The predicted molar refractivity (Wildman–Crippen MR) is 91.7 cm³/mol. The van der Waals surface area contributed by atoms with Crippen molar-refractivity contribution in [2.24, 2.45) is 0 Å². The topological polar surface area (TPSA) is 136 Å². The Morgan fingerprint density at radius 3 is 2.50 bits per heavy atom. The molecule has 1 N–H and O–H groups in total. The maximum absolute atomic E-state index is 12.7. The van der Waals surface area contributed by atoms with Crippen molar-refractivity contribution in [2.45, 2.75) is 11.3 Å². The summed E-state index contributed by atoms with van der Waals surface area (Å²) in [5, 5.41) is 0. The van der Waals surface area contributed by atoms with Crippen molar-refractivity contribution in [1.29, 1.82) is 0 Å². The highest BCUT2D eigenvalue weighted by Crippen LogP contribution is 2.33. The Bertz CT molecular complexity index is 1050. The Balaban J connectivity index is 2.08. The number of amides is 1. The standard InChI is InChI=1S/C14H14N4O6S2/c1-24-11-4-3-10(18-13(19)5-8-25(18,20)21)9-12(11)26(22,23)17-14-15-6-2-7-16-14/h2-4,6-7,9H,5,8H2,1H3,(H,15,16,17). The second kappa shape index (κ2) is 6.53. The molecule has 1 aromatic heterocycles. The summed E-state index contributed by atoms with van der Waals surface area (Å²) in [5.41, 5.74) is -0.0809. The fraction of sp³-hybridized carbons (Fsp3) is 0.214. The number of nitrogens with one attached hydrogen (secondary N) is 1. The zero-order chi connectivity index (χ0) is 18.9. The Labute approximate surface area is 149 Å². The number of carbonyl (C=O) groups is 1. The van der Waals surface area contributed by atoms with Gasteiger partial charge in [-0.25, -0.2) is 35.8 Å². The van der Waals surface area contributed by atoms with Gasteiger partial charge in [0.25, 0.3) is 10.0 Å². The number of aromatic nitrogens is 2. The molecule has 2 aromatic rings. The number of ether oxygens (including phenoxy) is 1. The van der Waals surface area contributed by atoms with Crippen LogP contribution in [-0.2, 0) is 24.8 Å². The van der Waals surface area contributed by atoms with E-state index in [0.717, 1.165) is 6.07 Å². The number of hydrogen-bond donors (Lipinski definition) is 1. The monoisotopic (exact) mass is 398 g/mol. The van der Waals surface area contributed by atoms with E-state index >= 15 is 0 Å². The van der Waals surface area contributed by atoms with Gasteiger partial charge in [0.1, 0.15) is 10.6 Å². The van der Waals surface area contributed by atoms with E-state index in [1.165, 1.54) is 37.7 Å². The van der Waals surface area contributed by atoms with Gasteiger partial charge in [0.05, 0.1) is 18.6 Å². The number of carbonyl (C=O) groups excluding carboxylic acids is 1. The molecule has 26 heavy (non-hydrogen) atoms. The largest absolute Gasteiger partial charge is 0.495 e. The molecule has 1 aliphatic heterocycles. The molecule has 0 saturated carbocycles. The zero-order valence-electron chi connectivity index (χ0n) is 13.5. The first-order valence-corrected chi connectivity index (χ1v) is 10.4. The van der Waals surface area contributed by atoms with Crippen molar-refractivity contribution >= 4 is 37.6 Å². The highest BCUT2D eigenvalue weighted by atomic mass is 32.2. The number of hydrogen-bond acceptors (Lipinski definition) is 8. The summed E-state index contributed by atoms with van der Waals surface area (Å²) < 4.78 is 57.3. The van der Waals surface area contributed by atoms with Gasteiger partial charge >= 0.3 is 0 Å². The zero-order valence-corrected chi connectivity index (χ0v) is 15.1. The number of rotatable bonds is 5. The minimum Gasteiger partial charge on any atom is -0.495 e. The molecule has 1 aromatic carbocycles. The van der Waals surface area contributed by atoms with Crippen molar-refractivity contribution in [1.82, 2.24) is 9.97 Å². The van der Waals surface area contributed by atoms with Gasteiger partial charge in [0, 0.05) is 18.8 Å². The second-order valence-corrected chi connectivity index (χ2v) is 8.83. The van der Waals surface area contributed by atoms with Crippen LogP contribution in [0.3, 0.4) is 0 Å². The van der Waals surface area contributed by atoms with Gasteiger partial charge in [0.2, 0.25) is 21.9 Å². The van der Waals surface area contributed by atoms with Crippen LogP contribution < -0.4 is 13.8 Å². The summed E-state index contributed by atoms with van der Waals surface area (Å²) in [6, 6.07) is 5.15. The average Bonchev–Trinajstić information content (AvgIpc) is 2.88. The van der Waals surface area contributed by atoms with E-state index in [4.69, 9.17) is 4.74 Å². The first-order chi connectivity index (χ1) is 12.2. The molecule has 1 aliphatic rings. The summed E-state index contributed by atoms with van der Waals surface area (Å²) in [6.07, 6.45) is 2.55. The van der Waals surface area contributed by atoms with Gasteiger partial charge in [-0.15, -0.1) is 0 Å². The number of methoxy groups -OCH3 is 1. The van der Waals surface area contributed by atoms with Gasteiger partial charge in [-0.3, -0.25) is 4.79 Å². The molecule has 0 spiro atoms. The van der Waals surface area contributed by atoms with Gasteiger partial charge in [-0.1, -0.05) is 0 Å². The molecule has 0 atom stereocenters. The molecule has 3 rings (SSSR count). The van der Waals surface area contributed by atoms with Crippen LogP contribution >= 0.6 is 0 Å². The number of nitrogens with zero attached hydrogens (tertiary/aromatic N) is 3. The second-order valence-electron chi connectivity index (χ2n) is 5.24. The van der Waals surface area contributed by atoms with Crippen LogP contribution in [0.25, 0.3) is 0 Å². The van der Waals surface area contributed by atoms with Crippen LogP contribution in [0.15, 0.2) is 41.6 Å². The van der Waals surface area contributed by atoms with Crippen LogP contribution in [-0.4, -0.2) is 45.6 Å². The SMILES string of the molecule is COc1ccc(N2C(=O)CCS2(=O)=O)cc1S(=O)(=O)Nc1ncccn1. The van der Waals surface area contributed by atoms with Crippen molar-refractivity contribution in [2.75, 3.05) is 21.9 Å². The fourth-order valence-corrected chi connectivity index (χ4v) is 5.00. The van der Waals surface area contributed by atoms with Gasteiger partial charge in [-0.05, 0) is 24.3 Å². The molecular weight excluding hydrogens is 384 g/mol. The summed E-state index contributed by atoms with van der Waals surface area (Å²) in [5.74, 6) is -1.14. The third-order valence-corrected chi connectivity index (χ3v) is 6.58. The maximum atomic E-state index is 12.7. The van der Waals surface area contributed by atoms with E-state index in [9.17, 15) is 21.6 Å². The van der Waals surface area contributed by atoms with E-state index < -0.39 is 26.0 Å². The number of sulfonamides is 2. The number of anilines is 2. The highest BCUT2D eigenvalue weighted by molar-refractivity contribution is 7.94. The van der Waals surface area contributed by atoms with Crippen molar-refractivity contribution < 1.29 is 26.4 Å². The third kappa shape index (κ3) is 3.32. The molecule has 1 fully saturated rings. The summed E-state index contributed by atoms with van der Waals surface area (Å²) >= 11 is 0. The first kappa shape index (κ1) is 18.1. The Kier molecular flexibility index (Phi) is 4.54. The minimum absolute atomic E-state index is 0.0266. The smallest absolute Gasteiger partial charge is 0.267 e. The minimum atomic E-state index is -4.20. The number of benzene rings is 1. The molecule has 1 saturated heterocycles. The van der Waals surface area contributed by atoms with E-state index in [1.54, 1.807) is 0 Å². The lowest BCUT2D eigenvalue weighted by atomic mass is 10.3. The van der Waals surface area contributed by atoms with Crippen LogP contribution in [0.2, 0.25) is 0 Å². The Morgan fingerprint density at radius 2 is 1.92 bits per heavy atom. The van der Waals surface area contributed by atoms with Gasteiger partial charge in [0.15, 0.2) is 0 Å².